The number of unbranched alkanes of at least 4 members (excludes halogenated alkanes) is 7. The molecule has 0 spiro atoms. The van der Waals surface area contributed by atoms with Crippen molar-refractivity contribution >= 4 is 16.6 Å². The minimum absolute atomic E-state index is 0.0509. The van der Waals surface area contributed by atoms with Crippen molar-refractivity contribution in [2.75, 3.05) is 11.9 Å². The number of pyridine rings is 2. The second kappa shape index (κ2) is 12.6. The number of aromatic nitrogens is 2. The lowest BCUT2D eigenvalue weighted by Crippen LogP contribution is -2.17. The highest BCUT2D eigenvalue weighted by Crippen LogP contribution is 2.34. The first-order valence-corrected chi connectivity index (χ1v) is 14.7. The zero-order valence-corrected chi connectivity index (χ0v) is 21.9. The summed E-state index contributed by atoms with van der Waals surface area (Å²) in [5.74, 6) is 0.654. The summed E-state index contributed by atoms with van der Waals surface area (Å²) in [6.07, 6.45) is 20.3. The number of aryl methyl sites for hydroxylation is 2. The van der Waals surface area contributed by atoms with E-state index in [1.54, 1.807) is 6.07 Å². The van der Waals surface area contributed by atoms with Gasteiger partial charge in [-0.25, -0.2) is 0 Å². The van der Waals surface area contributed by atoms with Gasteiger partial charge in [0.25, 0.3) is 0 Å². The largest absolute Gasteiger partial charge is 0.384 e. The topological polar surface area (TPSA) is 57.8 Å². The van der Waals surface area contributed by atoms with Crippen LogP contribution in [0.4, 0.5) is 5.69 Å². The minimum atomic E-state index is 0.0509. The first-order chi connectivity index (χ1) is 17.8. The van der Waals surface area contributed by atoms with Crippen LogP contribution >= 0.6 is 0 Å². The van der Waals surface area contributed by atoms with Gasteiger partial charge in [0.1, 0.15) is 0 Å². The Morgan fingerprint density at radius 1 is 0.833 bits per heavy atom. The highest BCUT2D eigenvalue weighted by Gasteiger charge is 2.20. The number of nitrogens with zero attached hydrogens (tertiary/aromatic N) is 1. The molecule has 1 unspecified atom stereocenters. The number of aromatic amines is 1. The molecule has 4 nitrogen and oxygen atoms in total. The van der Waals surface area contributed by atoms with E-state index in [9.17, 15) is 4.79 Å². The smallest absolute Gasteiger partial charge is 0.248 e. The van der Waals surface area contributed by atoms with Gasteiger partial charge in [-0.2, -0.15) is 0 Å². The third-order valence-electron chi connectivity index (χ3n) is 8.41. The fourth-order valence-electron chi connectivity index (χ4n) is 6.46. The fraction of sp³-hybridized carbons (Fsp3) is 0.562. The standard InChI is InChI=1S/C32H43N3O/c36-31-22-21-25-24(15-13-20-28(25)35-31)14-7-5-3-1-2-4-6-12-23-33-32-26-16-8-10-18-29(26)34-30-19-11-9-17-27(30)32/h8,10,16,18,21-22,24H,1-7,9,11-15,17,19-20,23H2,(H,33,34)(H,35,36). The monoisotopic (exact) mass is 485 g/mol. The minimum Gasteiger partial charge on any atom is -0.384 e. The van der Waals surface area contributed by atoms with Gasteiger partial charge in [0.05, 0.1) is 5.52 Å². The van der Waals surface area contributed by atoms with Crippen molar-refractivity contribution in [2.45, 2.75) is 109 Å². The lowest BCUT2D eigenvalue weighted by molar-refractivity contribution is 0.476. The van der Waals surface area contributed by atoms with Crippen LogP contribution in [0.1, 0.15) is 112 Å². The van der Waals surface area contributed by atoms with E-state index in [2.05, 4.69) is 40.6 Å². The van der Waals surface area contributed by atoms with Crippen LogP contribution in [-0.2, 0) is 19.3 Å². The molecule has 0 bridgehead atoms. The van der Waals surface area contributed by atoms with Gasteiger partial charge in [-0.1, -0.05) is 69.2 Å². The summed E-state index contributed by atoms with van der Waals surface area (Å²) in [6, 6.07) is 12.4. The highest BCUT2D eigenvalue weighted by molar-refractivity contribution is 5.93. The van der Waals surface area contributed by atoms with E-state index < -0.39 is 0 Å². The van der Waals surface area contributed by atoms with Gasteiger partial charge in [-0.3, -0.25) is 9.78 Å². The Balaban J connectivity index is 0.964. The number of para-hydroxylation sites is 1. The molecule has 2 aromatic heterocycles. The molecule has 3 aromatic rings. The van der Waals surface area contributed by atoms with Crippen molar-refractivity contribution in [3.05, 3.63) is 69.3 Å². The van der Waals surface area contributed by atoms with Gasteiger partial charge in [0.15, 0.2) is 0 Å². The van der Waals surface area contributed by atoms with Gasteiger partial charge in [0, 0.05) is 35.1 Å². The molecule has 2 aliphatic carbocycles. The van der Waals surface area contributed by atoms with E-state index in [-0.39, 0.29) is 5.56 Å². The third kappa shape index (κ3) is 6.19. The average molecular weight is 486 g/mol. The third-order valence-corrected chi connectivity index (χ3v) is 8.41. The van der Waals surface area contributed by atoms with Crippen molar-refractivity contribution in [3.8, 4) is 0 Å². The number of hydrogen-bond acceptors (Lipinski definition) is 3. The van der Waals surface area contributed by atoms with E-state index >= 15 is 0 Å². The molecule has 5 rings (SSSR count). The number of fused-ring (bicyclic) bond motifs is 3. The number of nitrogens with one attached hydrogen (secondary N) is 2. The molecule has 4 heteroatoms. The summed E-state index contributed by atoms with van der Waals surface area (Å²) in [5.41, 5.74) is 7.97. The van der Waals surface area contributed by atoms with Gasteiger partial charge in [-0.15, -0.1) is 0 Å². The van der Waals surface area contributed by atoms with Crippen molar-refractivity contribution in [1.82, 2.24) is 9.97 Å². The van der Waals surface area contributed by atoms with E-state index in [0.717, 1.165) is 24.9 Å². The molecule has 0 amide bonds. The maximum absolute atomic E-state index is 11.6. The molecular weight excluding hydrogens is 442 g/mol. The van der Waals surface area contributed by atoms with E-state index in [0.29, 0.717) is 5.92 Å². The van der Waals surface area contributed by atoms with Crippen molar-refractivity contribution in [3.63, 3.8) is 0 Å². The maximum Gasteiger partial charge on any atom is 0.248 e. The molecule has 0 radical (unpaired) electrons. The van der Waals surface area contributed by atoms with E-state index in [1.165, 1.54) is 123 Å². The summed E-state index contributed by atoms with van der Waals surface area (Å²) in [6.45, 7) is 1.06. The molecular formula is C32H43N3O. The first kappa shape index (κ1) is 25.0. The zero-order valence-electron chi connectivity index (χ0n) is 21.9. The summed E-state index contributed by atoms with van der Waals surface area (Å²) in [4.78, 5) is 19.6. The van der Waals surface area contributed by atoms with Crippen LogP contribution in [0.2, 0.25) is 0 Å². The second-order valence-corrected chi connectivity index (χ2v) is 11.0. The summed E-state index contributed by atoms with van der Waals surface area (Å²) >= 11 is 0. The van der Waals surface area contributed by atoms with E-state index in [4.69, 9.17) is 4.98 Å². The molecule has 0 fully saturated rings. The maximum atomic E-state index is 11.6. The van der Waals surface area contributed by atoms with Gasteiger partial charge >= 0.3 is 0 Å². The van der Waals surface area contributed by atoms with Crippen LogP contribution < -0.4 is 10.9 Å². The van der Waals surface area contributed by atoms with Crippen molar-refractivity contribution in [1.29, 1.82) is 0 Å². The number of rotatable bonds is 12. The zero-order chi connectivity index (χ0) is 24.6. The predicted molar refractivity (Wildman–Crippen MR) is 151 cm³/mol. The normalized spacial score (nSPS) is 17.1. The van der Waals surface area contributed by atoms with Crippen LogP contribution in [-0.4, -0.2) is 16.5 Å². The lowest BCUT2D eigenvalue weighted by atomic mass is 9.82. The Morgan fingerprint density at radius 2 is 1.61 bits per heavy atom. The lowest BCUT2D eigenvalue weighted by Gasteiger charge is -2.24. The Bertz CT molecular complexity index is 1200. The van der Waals surface area contributed by atoms with Crippen molar-refractivity contribution < 1.29 is 0 Å². The molecule has 0 saturated carbocycles. The van der Waals surface area contributed by atoms with Crippen LogP contribution in [0, 0.1) is 0 Å². The molecule has 192 valence electrons. The first-order valence-electron chi connectivity index (χ1n) is 14.7. The molecule has 2 aliphatic rings. The molecule has 2 heterocycles. The summed E-state index contributed by atoms with van der Waals surface area (Å²) in [5, 5.41) is 5.11. The van der Waals surface area contributed by atoms with Crippen LogP contribution in [0.3, 0.4) is 0 Å². The van der Waals surface area contributed by atoms with Gasteiger partial charge < -0.3 is 10.3 Å². The van der Waals surface area contributed by atoms with Crippen molar-refractivity contribution in [2.24, 2.45) is 0 Å². The average Bonchev–Trinajstić information content (AvgIpc) is 2.91. The van der Waals surface area contributed by atoms with Crippen LogP contribution in [0.5, 0.6) is 0 Å². The number of hydrogen-bond donors (Lipinski definition) is 2. The SMILES string of the molecule is O=c1ccc2c([nH]1)CCCC2CCCCCCCCCCNc1c2c(nc3ccccc13)CCCC2. The molecule has 2 N–H and O–H groups in total. The molecule has 1 atom stereocenters. The predicted octanol–water partition coefficient (Wildman–Crippen LogP) is 7.84. The van der Waals surface area contributed by atoms with E-state index in [1.807, 2.05) is 0 Å². The van der Waals surface area contributed by atoms with Crippen LogP contribution in [0.25, 0.3) is 10.9 Å². The highest BCUT2D eigenvalue weighted by atomic mass is 16.1. The van der Waals surface area contributed by atoms with Crippen LogP contribution in [0.15, 0.2) is 41.2 Å². The Kier molecular flexibility index (Phi) is 8.74. The molecule has 0 aliphatic heterocycles. The molecule has 36 heavy (non-hydrogen) atoms. The molecule has 0 saturated heterocycles. The quantitative estimate of drug-likeness (QED) is 0.257. The fourth-order valence-corrected chi connectivity index (χ4v) is 6.46. The van der Waals surface area contributed by atoms with Gasteiger partial charge in [-0.05, 0) is 80.9 Å². The Hall–Kier alpha value is -2.62. The Labute approximate surface area is 216 Å². The summed E-state index contributed by atoms with van der Waals surface area (Å²) < 4.78 is 0. The van der Waals surface area contributed by atoms with Gasteiger partial charge in [0.2, 0.25) is 5.56 Å². The number of H-pyrrole nitrogens is 1. The number of benzene rings is 1. The molecule has 1 aromatic carbocycles. The number of anilines is 1. The summed E-state index contributed by atoms with van der Waals surface area (Å²) in [7, 11) is 0. The second-order valence-electron chi connectivity index (χ2n) is 11.0. The Morgan fingerprint density at radius 3 is 2.50 bits per heavy atom.